The maximum Gasteiger partial charge on any atom is 0.213 e. The highest BCUT2D eigenvalue weighted by molar-refractivity contribution is 7.89. The van der Waals surface area contributed by atoms with Gasteiger partial charge in [0.05, 0.1) is 11.7 Å². The number of carbonyl (C=O) groups excluding carboxylic acids is 1. The summed E-state index contributed by atoms with van der Waals surface area (Å²) in [5, 5.41) is 11.6. The standard InChI is InChI=1S/C14H19NO4S/c1-2-20(18,19)15-10-8-14(9-11-15,13(16)17)12-6-4-3-5-7-12/h3-7H,2,8-11H2,1H3,(H,16,17)/p-1. The predicted octanol–water partition coefficient (Wildman–Crippen LogP) is 0.120. The zero-order valence-electron chi connectivity index (χ0n) is 11.4. The first kappa shape index (κ1) is 15.0. The molecule has 1 aromatic carbocycles. The Morgan fingerprint density at radius 2 is 1.80 bits per heavy atom. The van der Waals surface area contributed by atoms with Gasteiger partial charge in [0, 0.05) is 18.5 Å². The van der Waals surface area contributed by atoms with Crippen molar-refractivity contribution in [1.29, 1.82) is 0 Å². The van der Waals surface area contributed by atoms with E-state index in [0.29, 0.717) is 5.56 Å². The van der Waals surface area contributed by atoms with Gasteiger partial charge in [0.1, 0.15) is 0 Å². The van der Waals surface area contributed by atoms with Crippen molar-refractivity contribution in [2.24, 2.45) is 0 Å². The molecule has 6 heteroatoms. The minimum Gasteiger partial charge on any atom is -0.549 e. The minimum atomic E-state index is -3.26. The number of carboxylic acid groups (broad SMARTS) is 1. The van der Waals surface area contributed by atoms with Crippen LogP contribution in [-0.2, 0) is 20.2 Å². The van der Waals surface area contributed by atoms with E-state index in [4.69, 9.17) is 0 Å². The monoisotopic (exact) mass is 296 g/mol. The average molecular weight is 296 g/mol. The molecule has 0 N–H and O–H groups in total. The third-order valence-corrected chi connectivity index (χ3v) is 5.93. The van der Waals surface area contributed by atoms with Crippen LogP contribution in [0.2, 0.25) is 0 Å². The van der Waals surface area contributed by atoms with Gasteiger partial charge in [0.2, 0.25) is 10.0 Å². The van der Waals surface area contributed by atoms with Crippen molar-refractivity contribution >= 4 is 16.0 Å². The summed E-state index contributed by atoms with van der Waals surface area (Å²) in [7, 11) is -3.26. The van der Waals surface area contributed by atoms with Crippen LogP contribution in [-0.4, -0.2) is 37.5 Å². The summed E-state index contributed by atoms with van der Waals surface area (Å²) in [5.74, 6) is -1.09. The minimum absolute atomic E-state index is 0.0384. The Balaban J connectivity index is 2.26. The molecular weight excluding hydrogens is 278 g/mol. The Morgan fingerprint density at radius 3 is 2.25 bits per heavy atom. The number of nitrogens with zero attached hydrogens (tertiary/aromatic N) is 1. The maximum atomic E-state index is 11.8. The number of carboxylic acids is 1. The Hall–Kier alpha value is -1.40. The van der Waals surface area contributed by atoms with Gasteiger partial charge in [-0.3, -0.25) is 0 Å². The summed E-state index contributed by atoms with van der Waals surface area (Å²) in [4.78, 5) is 11.6. The smallest absolute Gasteiger partial charge is 0.213 e. The fraction of sp³-hybridized carbons (Fsp3) is 0.500. The van der Waals surface area contributed by atoms with Gasteiger partial charge in [-0.25, -0.2) is 12.7 Å². The molecule has 1 saturated heterocycles. The highest BCUT2D eigenvalue weighted by Gasteiger charge is 2.40. The molecule has 0 saturated carbocycles. The molecule has 0 spiro atoms. The van der Waals surface area contributed by atoms with Gasteiger partial charge in [0.15, 0.2) is 0 Å². The first-order valence-corrected chi connectivity index (χ1v) is 8.28. The summed E-state index contributed by atoms with van der Waals surface area (Å²) in [6.07, 6.45) is 0.497. The normalized spacial score (nSPS) is 19.6. The first-order chi connectivity index (χ1) is 9.42. The fourth-order valence-electron chi connectivity index (χ4n) is 2.70. The van der Waals surface area contributed by atoms with Crippen LogP contribution in [0.4, 0.5) is 0 Å². The van der Waals surface area contributed by atoms with E-state index in [1.165, 1.54) is 4.31 Å². The molecule has 0 aliphatic carbocycles. The molecule has 0 amide bonds. The summed E-state index contributed by atoms with van der Waals surface area (Å²) < 4.78 is 25.0. The van der Waals surface area contributed by atoms with Crippen molar-refractivity contribution < 1.29 is 18.3 Å². The first-order valence-electron chi connectivity index (χ1n) is 6.67. The number of benzene rings is 1. The molecule has 0 unspecified atom stereocenters. The molecule has 1 fully saturated rings. The molecule has 1 aliphatic rings. The predicted molar refractivity (Wildman–Crippen MR) is 73.4 cm³/mol. The number of aliphatic carboxylic acids is 1. The number of rotatable bonds is 4. The van der Waals surface area contributed by atoms with Gasteiger partial charge in [-0.05, 0) is 25.3 Å². The highest BCUT2D eigenvalue weighted by Crippen LogP contribution is 2.35. The molecule has 0 bridgehead atoms. The number of hydrogen-bond donors (Lipinski definition) is 0. The molecule has 20 heavy (non-hydrogen) atoms. The molecule has 5 nitrogen and oxygen atoms in total. The second-order valence-electron chi connectivity index (χ2n) is 5.04. The van der Waals surface area contributed by atoms with Gasteiger partial charge >= 0.3 is 0 Å². The van der Waals surface area contributed by atoms with Gasteiger partial charge in [-0.15, -0.1) is 0 Å². The van der Waals surface area contributed by atoms with Crippen LogP contribution < -0.4 is 5.11 Å². The second kappa shape index (κ2) is 5.54. The Labute approximate surface area is 119 Å². The third kappa shape index (κ3) is 2.58. The lowest BCUT2D eigenvalue weighted by Crippen LogP contribution is -2.53. The summed E-state index contributed by atoms with van der Waals surface area (Å²) in [5.41, 5.74) is -0.394. The van der Waals surface area contributed by atoms with E-state index < -0.39 is 21.4 Å². The Morgan fingerprint density at radius 1 is 1.25 bits per heavy atom. The molecule has 2 rings (SSSR count). The number of sulfonamides is 1. The average Bonchev–Trinajstić information content (AvgIpc) is 2.48. The van der Waals surface area contributed by atoms with Crippen LogP contribution in [0.3, 0.4) is 0 Å². The van der Waals surface area contributed by atoms with Crippen molar-refractivity contribution in [1.82, 2.24) is 4.31 Å². The third-order valence-electron chi connectivity index (χ3n) is 4.05. The second-order valence-corrected chi connectivity index (χ2v) is 7.29. The van der Waals surface area contributed by atoms with E-state index in [1.807, 2.05) is 6.07 Å². The summed E-state index contributed by atoms with van der Waals surface area (Å²) >= 11 is 0. The number of hydrogen-bond acceptors (Lipinski definition) is 4. The van der Waals surface area contributed by atoms with Gasteiger partial charge in [-0.2, -0.15) is 0 Å². The van der Waals surface area contributed by atoms with Gasteiger partial charge in [-0.1, -0.05) is 30.3 Å². The van der Waals surface area contributed by atoms with Gasteiger partial charge in [0.25, 0.3) is 0 Å². The molecule has 110 valence electrons. The van der Waals surface area contributed by atoms with E-state index in [0.717, 1.165) is 0 Å². The zero-order valence-corrected chi connectivity index (χ0v) is 12.2. The molecule has 0 radical (unpaired) electrons. The van der Waals surface area contributed by atoms with Crippen LogP contribution >= 0.6 is 0 Å². The van der Waals surface area contributed by atoms with Crippen molar-refractivity contribution in [3.8, 4) is 0 Å². The maximum absolute atomic E-state index is 11.8. The van der Waals surface area contributed by atoms with Crippen LogP contribution in [0.15, 0.2) is 30.3 Å². The Kier molecular flexibility index (Phi) is 4.15. The summed E-state index contributed by atoms with van der Waals surface area (Å²) in [6, 6.07) is 8.92. The Bertz CT molecular complexity index is 574. The van der Waals surface area contributed by atoms with E-state index in [2.05, 4.69) is 0 Å². The van der Waals surface area contributed by atoms with E-state index in [-0.39, 0.29) is 31.7 Å². The van der Waals surface area contributed by atoms with Gasteiger partial charge < -0.3 is 9.90 Å². The largest absolute Gasteiger partial charge is 0.549 e. The number of piperidine rings is 1. The fourth-order valence-corrected chi connectivity index (χ4v) is 3.80. The summed E-state index contributed by atoms with van der Waals surface area (Å²) in [6.45, 7) is 2.03. The lowest BCUT2D eigenvalue weighted by Gasteiger charge is -2.42. The highest BCUT2D eigenvalue weighted by atomic mass is 32.2. The van der Waals surface area contributed by atoms with E-state index >= 15 is 0 Å². The number of carbonyl (C=O) groups is 1. The van der Waals surface area contributed by atoms with Crippen LogP contribution in [0.5, 0.6) is 0 Å². The molecule has 1 aliphatic heterocycles. The van der Waals surface area contributed by atoms with Crippen LogP contribution in [0.25, 0.3) is 0 Å². The van der Waals surface area contributed by atoms with E-state index in [9.17, 15) is 18.3 Å². The van der Waals surface area contributed by atoms with Crippen molar-refractivity contribution in [3.63, 3.8) is 0 Å². The molecular formula is C14H18NO4S-. The zero-order chi connectivity index (χ0) is 14.8. The van der Waals surface area contributed by atoms with Crippen molar-refractivity contribution in [3.05, 3.63) is 35.9 Å². The molecule has 0 aromatic heterocycles. The van der Waals surface area contributed by atoms with Crippen LogP contribution in [0, 0.1) is 0 Å². The van der Waals surface area contributed by atoms with Crippen LogP contribution in [0.1, 0.15) is 25.3 Å². The SMILES string of the molecule is CCS(=O)(=O)N1CCC(C(=O)[O-])(c2ccccc2)CC1. The van der Waals surface area contributed by atoms with Crippen molar-refractivity contribution in [2.45, 2.75) is 25.2 Å². The quantitative estimate of drug-likeness (QED) is 0.790. The topological polar surface area (TPSA) is 77.5 Å². The lowest BCUT2D eigenvalue weighted by atomic mass is 9.73. The molecule has 0 atom stereocenters. The van der Waals surface area contributed by atoms with Crippen molar-refractivity contribution in [2.75, 3.05) is 18.8 Å². The lowest BCUT2D eigenvalue weighted by molar-refractivity contribution is -0.315. The molecule has 1 aromatic rings. The molecule has 1 heterocycles. The van der Waals surface area contributed by atoms with E-state index in [1.54, 1.807) is 31.2 Å².